The fourth-order valence-electron chi connectivity index (χ4n) is 1.97. The number of carbonyl (C=O) groups excluding carboxylic acids is 1. The van der Waals surface area contributed by atoms with E-state index in [0.717, 1.165) is 6.07 Å². The molecule has 0 aromatic heterocycles. The Hall–Kier alpha value is -1.27. The number of benzene rings is 1. The third-order valence-corrected chi connectivity index (χ3v) is 3.21. The fraction of sp³-hybridized carbons (Fsp3) is 0.417. The van der Waals surface area contributed by atoms with Crippen LogP contribution in [0.3, 0.4) is 0 Å². The van der Waals surface area contributed by atoms with Gasteiger partial charge in [0.1, 0.15) is 0 Å². The monoisotopic (exact) mass is 292 g/mol. The molecule has 1 aliphatic heterocycles. The minimum atomic E-state index is -4.55. The fourth-order valence-corrected chi connectivity index (χ4v) is 2.15. The van der Waals surface area contributed by atoms with Gasteiger partial charge in [0.15, 0.2) is 0 Å². The lowest BCUT2D eigenvalue weighted by atomic mass is 10.1. The van der Waals surface area contributed by atoms with Crippen molar-refractivity contribution in [3.8, 4) is 0 Å². The summed E-state index contributed by atoms with van der Waals surface area (Å²) in [6.45, 7) is 1.19. The molecule has 0 radical (unpaired) electrons. The molecule has 1 aromatic rings. The van der Waals surface area contributed by atoms with E-state index in [1.807, 2.05) is 0 Å². The Balaban J connectivity index is 2.22. The molecule has 1 amide bonds. The minimum Gasteiger partial charge on any atom is -0.325 e. The van der Waals surface area contributed by atoms with Gasteiger partial charge in [0.25, 0.3) is 0 Å². The lowest BCUT2D eigenvalue weighted by Gasteiger charge is -2.16. The second-order valence-corrected chi connectivity index (χ2v) is 4.80. The van der Waals surface area contributed by atoms with Crippen LogP contribution in [0.5, 0.6) is 0 Å². The summed E-state index contributed by atoms with van der Waals surface area (Å²) < 4.78 is 38.5. The lowest BCUT2D eigenvalue weighted by Crippen LogP contribution is -2.26. The van der Waals surface area contributed by atoms with Crippen molar-refractivity contribution in [2.45, 2.75) is 12.6 Å². The highest BCUT2D eigenvalue weighted by molar-refractivity contribution is 6.30. The van der Waals surface area contributed by atoms with E-state index in [1.54, 1.807) is 0 Å². The number of anilines is 1. The third-order valence-electron chi connectivity index (χ3n) is 2.98. The largest absolute Gasteiger partial charge is 0.418 e. The molecule has 0 spiro atoms. The van der Waals surface area contributed by atoms with E-state index in [4.69, 9.17) is 11.6 Å². The minimum absolute atomic E-state index is 0.0205. The van der Waals surface area contributed by atoms with Crippen molar-refractivity contribution < 1.29 is 18.0 Å². The number of hydrogen-bond donors (Lipinski definition) is 2. The number of rotatable bonds is 2. The number of amides is 1. The van der Waals surface area contributed by atoms with Crippen molar-refractivity contribution in [1.82, 2.24) is 5.32 Å². The molecule has 0 bridgehead atoms. The smallest absolute Gasteiger partial charge is 0.325 e. The highest BCUT2D eigenvalue weighted by Crippen LogP contribution is 2.36. The summed E-state index contributed by atoms with van der Waals surface area (Å²) in [4.78, 5) is 11.8. The van der Waals surface area contributed by atoms with E-state index in [1.165, 1.54) is 12.1 Å². The van der Waals surface area contributed by atoms with Crippen molar-refractivity contribution in [2.24, 2.45) is 5.92 Å². The Bertz CT molecular complexity index is 484. The average molecular weight is 293 g/mol. The van der Waals surface area contributed by atoms with Crippen molar-refractivity contribution in [2.75, 3.05) is 18.4 Å². The van der Waals surface area contributed by atoms with E-state index in [0.29, 0.717) is 19.5 Å². The molecular weight excluding hydrogens is 281 g/mol. The van der Waals surface area contributed by atoms with Crippen molar-refractivity contribution in [1.29, 1.82) is 0 Å². The van der Waals surface area contributed by atoms with Crippen LogP contribution < -0.4 is 10.6 Å². The Morgan fingerprint density at radius 2 is 2.16 bits per heavy atom. The SMILES string of the molecule is O=C(Nc1ccc(Cl)cc1C(F)(F)F)C1CCNC1. The Morgan fingerprint density at radius 3 is 2.74 bits per heavy atom. The molecule has 0 saturated carbocycles. The van der Waals surface area contributed by atoms with Gasteiger partial charge in [0, 0.05) is 11.6 Å². The average Bonchev–Trinajstić information content (AvgIpc) is 2.83. The van der Waals surface area contributed by atoms with Crippen molar-refractivity contribution in [3.63, 3.8) is 0 Å². The van der Waals surface area contributed by atoms with Gasteiger partial charge in [-0.2, -0.15) is 13.2 Å². The maximum atomic E-state index is 12.8. The molecule has 0 aliphatic carbocycles. The van der Waals surface area contributed by atoms with Gasteiger partial charge in [-0.1, -0.05) is 11.6 Å². The van der Waals surface area contributed by atoms with Gasteiger partial charge >= 0.3 is 6.18 Å². The van der Waals surface area contributed by atoms with Crippen LogP contribution in [0.1, 0.15) is 12.0 Å². The maximum absolute atomic E-state index is 12.8. The van der Waals surface area contributed by atoms with Crippen molar-refractivity contribution in [3.05, 3.63) is 28.8 Å². The maximum Gasteiger partial charge on any atom is 0.418 e. The summed E-state index contributed by atoms with van der Waals surface area (Å²) in [5.74, 6) is -0.699. The van der Waals surface area contributed by atoms with Crippen molar-refractivity contribution >= 4 is 23.2 Å². The van der Waals surface area contributed by atoms with E-state index < -0.39 is 17.6 Å². The van der Waals surface area contributed by atoms with E-state index >= 15 is 0 Å². The lowest BCUT2D eigenvalue weighted by molar-refractivity contribution is -0.137. The van der Waals surface area contributed by atoms with Gasteiger partial charge in [-0.3, -0.25) is 4.79 Å². The first-order chi connectivity index (χ1) is 8.88. The van der Waals surface area contributed by atoms with Crippen LogP contribution in [-0.4, -0.2) is 19.0 Å². The van der Waals surface area contributed by atoms with Gasteiger partial charge in [0.2, 0.25) is 5.91 Å². The molecule has 1 heterocycles. The third kappa shape index (κ3) is 3.39. The van der Waals surface area contributed by atoms with Gasteiger partial charge < -0.3 is 10.6 Å². The predicted molar refractivity (Wildman–Crippen MR) is 66.1 cm³/mol. The van der Waals surface area contributed by atoms with Gasteiger partial charge in [-0.15, -0.1) is 0 Å². The first-order valence-corrected chi connectivity index (χ1v) is 6.14. The number of alkyl halides is 3. The molecule has 1 unspecified atom stereocenters. The molecule has 7 heteroatoms. The van der Waals surface area contributed by atoms with Gasteiger partial charge in [-0.25, -0.2) is 0 Å². The molecule has 1 aliphatic rings. The van der Waals surface area contributed by atoms with E-state index in [9.17, 15) is 18.0 Å². The molecule has 2 N–H and O–H groups in total. The van der Waals surface area contributed by atoms with Gasteiger partial charge in [-0.05, 0) is 31.2 Å². The summed E-state index contributed by atoms with van der Waals surface area (Å²) in [6.07, 6.45) is -3.93. The summed E-state index contributed by atoms with van der Waals surface area (Å²) in [5, 5.41) is 5.30. The Kier molecular flexibility index (Phi) is 4.01. The number of nitrogens with one attached hydrogen (secondary N) is 2. The second-order valence-electron chi connectivity index (χ2n) is 4.37. The van der Waals surface area contributed by atoms with E-state index in [2.05, 4.69) is 10.6 Å². The van der Waals surface area contributed by atoms with Crippen LogP contribution in [0, 0.1) is 5.92 Å². The zero-order valence-electron chi connectivity index (χ0n) is 9.85. The molecule has 1 aromatic carbocycles. The second kappa shape index (κ2) is 5.38. The summed E-state index contributed by atoms with van der Waals surface area (Å²) in [6, 6.07) is 3.30. The summed E-state index contributed by atoms with van der Waals surface area (Å²) in [7, 11) is 0. The quantitative estimate of drug-likeness (QED) is 0.880. The highest BCUT2D eigenvalue weighted by atomic mass is 35.5. The Labute approximate surface area is 113 Å². The molecule has 2 rings (SSSR count). The summed E-state index contributed by atoms with van der Waals surface area (Å²) >= 11 is 5.56. The first-order valence-electron chi connectivity index (χ1n) is 5.76. The normalized spacial score (nSPS) is 19.5. The van der Waals surface area contributed by atoms with Crippen LogP contribution in [-0.2, 0) is 11.0 Å². The molecule has 1 atom stereocenters. The predicted octanol–water partition coefficient (Wildman–Crippen LogP) is 2.91. The Morgan fingerprint density at radius 1 is 1.42 bits per heavy atom. The molecule has 3 nitrogen and oxygen atoms in total. The summed E-state index contributed by atoms with van der Waals surface area (Å²) in [5.41, 5.74) is -1.19. The molecule has 1 fully saturated rings. The van der Waals surface area contributed by atoms with E-state index in [-0.39, 0.29) is 16.6 Å². The zero-order valence-corrected chi connectivity index (χ0v) is 10.6. The number of carbonyl (C=O) groups is 1. The highest BCUT2D eigenvalue weighted by Gasteiger charge is 2.35. The standard InChI is InChI=1S/C12H12ClF3N2O/c13-8-1-2-10(9(5-8)12(14,15)16)18-11(19)7-3-4-17-6-7/h1-2,5,7,17H,3-4,6H2,(H,18,19). The molecule has 104 valence electrons. The van der Waals surface area contributed by atoms with Crippen LogP contribution in [0.4, 0.5) is 18.9 Å². The van der Waals surface area contributed by atoms with Crippen LogP contribution in [0.15, 0.2) is 18.2 Å². The van der Waals surface area contributed by atoms with Crippen LogP contribution in [0.2, 0.25) is 5.02 Å². The van der Waals surface area contributed by atoms with Crippen LogP contribution >= 0.6 is 11.6 Å². The first kappa shape index (κ1) is 14.1. The van der Waals surface area contributed by atoms with Crippen LogP contribution in [0.25, 0.3) is 0 Å². The topological polar surface area (TPSA) is 41.1 Å². The number of hydrogen-bond acceptors (Lipinski definition) is 2. The molecular formula is C12H12ClF3N2O. The molecule has 1 saturated heterocycles. The number of halogens is 4. The van der Waals surface area contributed by atoms with Gasteiger partial charge in [0.05, 0.1) is 17.2 Å². The molecule has 19 heavy (non-hydrogen) atoms. The zero-order chi connectivity index (χ0) is 14.0.